The maximum Gasteiger partial charge on any atom is 0.240 e. The molecule has 2 atom stereocenters. The summed E-state index contributed by atoms with van der Waals surface area (Å²) in [5.74, 6) is -0.916. The third-order valence-corrected chi connectivity index (χ3v) is 2.30. The maximum atomic E-state index is 11.2. The summed E-state index contributed by atoms with van der Waals surface area (Å²) in [6.45, 7) is 0.621. The molecule has 0 radical (unpaired) electrons. The zero-order valence-corrected chi connectivity index (χ0v) is 7.66. The van der Waals surface area contributed by atoms with Gasteiger partial charge in [0, 0.05) is 12.5 Å². The Morgan fingerprint density at radius 3 is 2.93 bits per heavy atom. The molecule has 1 rings (SSSR count). The summed E-state index contributed by atoms with van der Waals surface area (Å²) in [5.41, 5.74) is 5.05. The number of nitrogens with one attached hydrogen (secondary N) is 2. The Balaban J connectivity index is 2.49. The quantitative estimate of drug-likeness (QED) is 0.451. The fourth-order valence-corrected chi connectivity index (χ4v) is 1.50. The van der Waals surface area contributed by atoms with Crippen molar-refractivity contribution in [3.8, 4) is 0 Å². The van der Waals surface area contributed by atoms with E-state index in [4.69, 9.17) is 5.73 Å². The van der Waals surface area contributed by atoms with E-state index in [0.29, 0.717) is 19.4 Å². The van der Waals surface area contributed by atoms with Gasteiger partial charge in [-0.2, -0.15) is 0 Å². The van der Waals surface area contributed by atoms with Gasteiger partial charge >= 0.3 is 0 Å². The lowest BCUT2D eigenvalue weighted by atomic mass is 9.98. The fourth-order valence-electron chi connectivity index (χ4n) is 1.50. The predicted octanol–water partition coefficient (Wildman–Crippen LogP) is -1.89. The van der Waals surface area contributed by atoms with E-state index >= 15 is 0 Å². The van der Waals surface area contributed by atoms with Gasteiger partial charge in [0.05, 0.1) is 0 Å². The Bertz CT molecular complexity index is 254. The van der Waals surface area contributed by atoms with Crippen molar-refractivity contribution < 1.29 is 14.4 Å². The van der Waals surface area contributed by atoms with Crippen LogP contribution in [-0.4, -0.2) is 30.8 Å². The lowest BCUT2D eigenvalue weighted by Crippen LogP contribution is -2.42. The van der Waals surface area contributed by atoms with Crippen LogP contribution in [0.1, 0.15) is 12.8 Å². The van der Waals surface area contributed by atoms with Gasteiger partial charge in [-0.3, -0.25) is 14.4 Å². The molecule has 1 heterocycles. The van der Waals surface area contributed by atoms with Crippen LogP contribution < -0.4 is 16.4 Å². The highest BCUT2D eigenvalue weighted by atomic mass is 16.2. The SMILES string of the molecule is NC(=O)[C@H](C[C@@H]1CCNC1=O)NC=O. The molecule has 1 fully saturated rings. The zero-order chi connectivity index (χ0) is 10.6. The number of carbonyl (C=O) groups is 3. The number of hydrogen-bond donors (Lipinski definition) is 3. The van der Waals surface area contributed by atoms with Gasteiger partial charge in [0.25, 0.3) is 0 Å². The molecule has 6 nitrogen and oxygen atoms in total. The van der Waals surface area contributed by atoms with E-state index < -0.39 is 11.9 Å². The summed E-state index contributed by atoms with van der Waals surface area (Å²) in [5, 5.41) is 4.94. The van der Waals surface area contributed by atoms with Crippen LogP contribution in [0.5, 0.6) is 0 Å². The van der Waals surface area contributed by atoms with Crippen molar-refractivity contribution in [3.63, 3.8) is 0 Å². The van der Waals surface area contributed by atoms with Crippen molar-refractivity contribution in [3.05, 3.63) is 0 Å². The average Bonchev–Trinajstić information content (AvgIpc) is 2.51. The van der Waals surface area contributed by atoms with E-state index in [1.165, 1.54) is 0 Å². The minimum absolute atomic E-state index is 0.0797. The van der Waals surface area contributed by atoms with Crippen LogP contribution in [0.15, 0.2) is 0 Å². The van der Waals surface area contributed by atoms with Crippen molar-refractivity contribution >= 4 is 18.2 Å². The standard InChI is InChI=1S/C8H13N3O3/c9-7(13)6(11-4-12)3-5-1-2-10-8(5)14/h4-6H,1-3H2,(H2,9,13)(H,10,14)(H,11,12)/t5-,6-/m0/s1. The molecule has 1 aliphatic heterocycles. The average molecular weight is 199 g/mol. The van der Waals surface area contributed by atoms with E-state index in [2.05, 4.69) is 10.6 Å². The Hall–Kier alpha value is -1.59. The molecule has 14 heavy (non-hydrogen) atoms. The number of nitrogens with two attached hydrogens (primary N) is 1. The Morgan fingerprint density at radius 2 is 2.50 bits per heavy atom. The summed E-state index contributed by atoms with van der Waals surface area (Å²) >= 11 is 0. The monoisotopic (exact) mass is 199 g/mol. The Morgan fingerprint density at radius 1 is 1.79 bits per heavy atom. The molecule has 78 valence electrons. The number of primary amides is 1. The normalized spacial score (nSPS) is 22.6. The molecule has 0 aromatic heterocycles. The zero-order valence-electron chi connectivity index (χ0n) is 7.66. The van der Waals surface area contributed by atoms with Crippen LogP contribution in [0.4, 0.5) is 0 Å². The second kappa shape index (κ2) is 4.59. The van der Waals surface area contributed by atoms with E-state index in [1.54, 1.807) is 0 Å². The van der Waals surface area contributed by atoms with E-state index in [-0.39, 0.29) is 18.2 Å². The minimum atomic E-state index is -0.749. The molecule has 6 heteroatoms. The van der Waals surface area contributed by atoms with Gasteiger partial charge in [-0.1, -0.05) is 0 Å². The highest BCUT2D eigenvalue weighted by molar-refractivity contribution is 5.85. The van der Waals surface area contributed by atoms with Crippen LogP contribution in [0.25, 0.3) is 0 Å². The summed E-state index contributed by atoms with van der Waals surface area (Å²) in [7, 11) is 0. The first-order valence-corrected chi connectivity index (χ1v) is 4.42. The molecular formula is C8H13N3O3. The molecule has 0 aromatic carbocycles. The maximum absolute atomic E-state index is 11.2. The summed E-state index contributed by atoms with van der Waals surface area (Å²) < 4.78 is 0. The van der Waals surface area contributed by atoms with E-state index in [0.717, 1.165) is 0 Å². The second-order valence-electron chi connectivity index (χ2n) is 3.25. The third-order valence-electron chi connectivity index (χ3n) is 2.30. The van der Waals surface area contributed by atoms with Gasteiger partial charge in [0.2, 0.25) is 18.2 Å². The Kier molecular flexibility index (Phi) is 3.44. The van der Waals surface area contributed by atoms with Crippen LogP contribution >= 0.6 is 0 Å². The first-order valence-electron chi connectivity index (χ1n) is 4.42. The topological polar surface area (TPSA) is 101 Å². The van der Waals surface area contributed by atoms with Crippen molar-refractivity contribution in [1.29, 1.82) is 0 Å². The highest BCUT2D eigenvalue weighted by Crippen LogP contribution is 2.15. The molecule has 4 N–H and O–H groups in total. The van der Waals surface area contributed by atoms with Crippen LogP contribution in [0.3, 0.4) is 0 Å². The molecule has 0 aliphatic carbocycles. The molecule has 1 aliphatic rings. The number of rotatable bonds is 5. The lowest BCUT2D eigenvalue weighted by molar-refractivity contribution is -0.125. The van der Waals surface area contributed by atoms with E-state index in [1.807, 2.05) is 0 Å². The van der Waals surface area contributed by atoms with Gasteiger partial charge in [0.15, 0.2) is 0 Å². The van der Waals surface area contributed by atoms with Crippen LogP contribution in [0.2, 0.25) is 0 Å². The first kappa shape index (κ1) is 10.5. The Labute approximate surface area is 81.2 Å². The molecule has 0 bridgehead atoms. The molecule has 0 unspecified atom stereocenters. The van der Waals surface area contributed by atoms with Crippen LogP contribution in [-0.2, 0) is 14.4 Å². The smallest absolute Gasteiger partial charge is 0.240 e. The van der Waals surface area contributed by atoms with E-state index in [9.17, 15) is 14.4 Å². The molecule has 1 saturated heterocycles. The number of carbonyl (C=O) groups excluding carboxylic acids is 3. The second-order valence-corrected chi connectivity index (χ2v) is 3.25. The summed E-state index contributed by atoms with van der Waals surface area (Å²) in [6, 6.07) is -0.749. The molecule has 0 saturated carbocycles. The predicted molar refractivity (Wildman–Crippen MR) is 47.9 cm³/mol. The highest BCUT2D eigenvalue weighted by Gasteiger charge is 2.28. The summed E-state index contributed by atoms with van der Waals surface area (Å²) in [4.78, 5) is 32.2. The molecule has 0 spiro atoms. The van der Waals surface area contributed by atoms with Gasteiger partial charge in [-0.25, -0.2) is 0 Å². The molecule has 0 aromatic rings. The van der Waals surface area contributed by atoms with Crippen LogP contribution in [0, 0.1) is 5.92 Å². The van der Waals surface area contributed by atoms with Crippen molar-refractivity contribution in [2.45, 2.75) is 18.9 Å². The lowest BCUT2D eigenvalue weighted by Gasteiger charge is -2.14. The molecular weight excluding hydrogens is 186 g/mol. The van der Waals surface area contributed by atoms with Crippen molar-refractivity contribution in [2.24, 2.45) is 11.7 Å². The minimum Gasteiger partial charge on any atom is -0.368 e. The fraction of sp³-hybridized carbons (Fsp3) is 0.625. The molecule has 3 amide bonds. The van der Waals surface area contributed by atoms with Gasteiger partial charge < -0.3 is 16.4 Å². The summed E-state index contributed by atoms with van der Waals surface area (Å²) in [6.07, 6.45) is 1.38. The number of amides is 3. The van der Waals surface area contributed by atoms with Gasteiger partial charge in [-0.05, 0) is 12.8 Å². The number of hydrogen-bond acceptors (Lipinski definition) is 3. The van der Waals surface area contributed by atoms with Gasteiger partial charge in [0.1, 0.15) is 6.04 Å². The third kappa shape index (κ3) is 2.45. The van der Waals surface area contributed by atoms with Crippen molar-refractivity contribution in [2.75, 3.05) is 6.54 Å². The largest absolute Gasteiger partial charge is 0.368 e. The first-order chi connectivity index (χ1) is 6.65. The van der Waals surface area contributed by atoms with Crippen molar-refractivity contribution in [1.82, 2.24) is 10.6 Å². The van der Waals surface area contributed by atoms with Gasteiger partial charge in [-0.15, -0.1) is 0 Å².